The zero-order valence-electron chi connectivity index (χ0n) is 19.3. The number of hydrogen-bond donors (Lipinski definition) is 2. The number of benzene rings is 2. The van der Waals surface area contributed by atoms with Crippen molar-refractivity contribution in [2.75, 3.05) is 10.6 Å². The summed E-state index contributed by atoms with van der Waals surface area (Å²) in [6, 6.07) is 14.7. The minimum Gasteiger partial charge on any atom is -0.488 e. The third kappa shape index (κ3) is 5.79. The maximum atomic E-state index is 13.7. The van der Waals surface area contributed by atoms with Crippen LogP contribution in [0.1, 0.15) is 63.0 Å². The predicted octanol–water partition coefficient (Wildman–Crippen LogP) is 7.82. The van der Waals surface area contributed by atoms with E-state index in [4.69, 9.17) is 4.74 Å². The van der Waals surface area contributed by atoms with Gasteiger partial charge in [-0.1, -0.05) is 38.1 Å². The van der Waals surface area contributed by atoms with E-state index in [-0.39, 0.29) is 17.9 Å². The third-order valence-corrected chi connectivity index (χ3v) is 6.18. The Kier molecular flexibility index (Phi) is 7.24. The molecule has 1 heterocycles. The number of halogens is 3. The van der Waals surface area contributed by atoms with Gasteiger partial charge in [-0.3, -0.25) is 0 Å². The van der Waals surface area contributed by atoms with Crippen LogP contribution in [0.15, 0.2) is 54.7 Å². The average molecular weight is 471 g/mol. The van der Waals surface area contributed by atoms with Gasteiger partial charge in [0.1, 0.15) is 17.1 Å². The molecule has 1 atom stereocenters. The molecule has 1 saturated carbocycles. The average Bonchev–Trinajstić information content (AvgIpc) is 3.33. The van der Waals surface area contributed by atoms with E-state index in [2.05, 4.69) is 34.4 Å². The molecule has 2 aromatic carbocycles. The summed E-state index contributed by atoms with van der Waals surface area (Å²) in [5.74, 6) is 0.680. The molecular formula is C26H29F3N4O. The Morgan fingerprint density at radius 1 is 1.03 bits per heavy atom. The largest absolute Gasteiger partial charge is 0.488 e. The van der Waals surface area contributed by atoms with Crippen LogP contribution in [-0.4, -0.2) is 16.1 Å². The minimum absolute atomic E-state index is 0.0704. The van der Waals surface area contributed by atoms with Crippen LogP contribution in [0.4, 0.5) is 36.3 Å². The van der Waals surface area contributed by atoms with Crippen molar-refractivity contribution in [3.63, 3.8) is 0 Å². The lowest BCUT2D eigenvalue weighted by molar-refractivity contribution is -0.137. The van der Waals surface area contributed by atoms with Crippen molar-refractivity contribution in [3.8, 4) is 5.75 Å². The first kappa shape index (κ1) is 23.9. The van der Waals surface area contributed by atoms with Crippen LogP contribution in [-0.2, 0) is 6.18 Å². The Morgan fingerprint density at radius 3 is 2.41 bits per heavy atom. The van der Waals surface area contributed by atoms with E-state index in [1.807, 2.05) is 24.3 Å². The molecule has 8 heteroatoms. The van der Waals surface area contributed by atoms with E-state index < -0.39 is 11.7 Å². The van der Waals surface area contributed by atoms with Crippen LogP contribution in [0.25, 0.3) is 0 Å². The van der Waals surface area contributed by atoms with Crippen molar-refractivity contribution in [2.45, 2.75) is 64.1 Å². The second kappa shape index (κ2) is 10.3. The maximum absolute atomic E-state index is 13.7. The van der Waals surface area contributed by atoms with Gasteiger partial charge in [0.05, 0.1) is 11.8 Å². The standard InChI is InChI=1S/C26H29F3N4O/c1-3-17(2)18-12-14-19(15-13-18)31-25-30-16-21(26(27,28)29)24(33-25)32-22-10-6-7-11-23(22)34-20-8-4-5-9-20/h6-7,10-17,20H,3-5,8-9H2,1-2H3,(H2,30,31,32,33). The van der Waals surface area contributed by atoms with Crippen LogP contribution in [0, 0.1) is 0 Å². The van der Waals surface area contributed by atoms with Gasteiger partial charge >= 0.3 is 6.18 Å². The maximum Gasteiger partial charge on any atom is 0.421 e. The summed E-state index contributed by atoms with van der Waals surface area (Å²) in [7, 11) is 0. The summed E-state index contributed by atoms with van der Waals surface area (Å²) >= 11 is 0. The van der Waals surface area contributed by atoms with E-state index in [0.717, 1.165) is 38.3 Å². The fourth-order valence-electron chi connectivity index (χ4n) is 3.99. The van der Waals surface area contributed by atoms with Crippen molar-refractivity contribution >= 4 is 23.1 Å². The van der Waals surface area contributed by atoms with E-state index in [1.165, 1.54) is 5.56 Å². The zero-order valence-corrected chi connectivity index (χ0v) is 19.3. The molecular weight excluding hydrogens is 441 g/mol. The topological polar surface area (TPSA) is 59.1 Å². The summed E-state index contributed by atoms with van der Waals surface area (Å²) in [5, 5.41) is 5.85. The van der Waals surface area contributed by atoms with Gasteiger partial charge < -0.3 is 15.4 Å². The highest BCUT2D eigenvalue weighted by Gasteiger charge is 2.35. The highest BCUT2D eigenvalue weighted by atomic mass is 19.4. The van der Waals surface area contributed by atoms with Crippen molar-refractivity contribution in [3.05, 3.63) is 65.9 Å². The molecule has 0 saturated heterocycles. The Labute approximate surface area is 197 Å². The Hall–Kier alpha value is -3.29. The van der Waals surface area contributed by atoms with Gasteiger partial charge in [-0.2, -0.15) is 18.2 Å². The van der Waals surface area contributed by atoms with Crippen LogP contribution in [0.3, 0.4) is 0 Å². The highest BCUT2D eigenvalue weighted by Crippen LogP contribution is 2.38. The molecule has 1 aliphatic rings. The summed E-state index contributed by atoms with van der Waals surface area (Å²) in [4.78, 5) is 8.08. The SMILES string of the molecule is CCC(C)c1ccc(Nc2ncc(C(F)(F)F)c(Nc3ccccc3OC3CCCC3)n2)cc1. The molecule has 4 rings (SSSR count). The molecule has 1 unspecified atom stereocenters. The first-order valence-electron chi connectivity index (χ1n) is 11.7. The lowest BCUT2D eigenvalue weighted by atomic mass is 9.99. The molecule has 34 heavy (non-hydrogen) atoms. The molecule has 180 valence electrons. The normalized spacial score (nSPS) is 15.2. The van der Waals surface area contributed by atoms with E-state index >= 15 is 0 Å². The number of ether oxygens (including phenoxy) is 1. The molecule has 3 aromatic rings. The summed E-state index contributed by atoms with van der Waals surface area (Å²) in [5.41, 5.74) is 1.38. The highest BCUT2D eigenvalue weighted by molar-refractivity contribution is 5.67. The Bertz CT molecular complexity index is 1100. The monoisotopic (exact) mass is 470 g/mol. The molecule has 2 N–H and O–H groups in total. The van der Waals surface area contributed by atoms with Gasteiger partial charge in [0.2, 0.25) is 5.95 Å². The fourth-order valence-corrected chi connectivity index (χ4v) is 3.99. The molecule has 0 bridgehead atoms. The zero-order chi connectivity index (χ0) is 24.1. The number of hydrogen-bond acceptors (Lipinski definition) is 5. The van der Waals surface area contributed by atoms with Crippen LogP contribution < -0.4 is 15.4 Å². The van der Waals surface area contributed by atoms with Crippen LogP contribution in [0.2, 0.25) is 0 Å². The first-order valence-corrected chi connectivity index (χ1v) is 11.7. The quantitative estimate of drug-likeness (QED) is 0.351. The Balaban J connectivity index is 1.60. The number of nitrogens with one attached hydrogen (secondary N) is 2. The van der Waals surface area contributed by atoms with Crippen molar-refractivity contribution in [1.29, 1.82) is 0 Å². The summed E-state index contributed by atoms with van der Waals surface area (Å²) in [6.07, 6.45) is 1.36. The number of nitrogens with zero attached hydrogens (tertiary/aromatic N) is 2. The van der Waals surface area contributed by atoms with Crippen molar-refractivity contribution in [2.24, 2.45) is 0 Å². The van der Waals surface area contributed by atoms with Gasteiger partial charge in [-0.15, -0.1) is 0 Å². The van der Waals surface area contributed by atoms with Crippen LogP contribution >= 0.6 is 0 Å². The summed E-state index contributed by atoms with van der Waals surface area (Å²) < 4.78 is 47.2. The Morgan fingerprint density at radius 2 is 1.74 bits per heavy atom. The molecule has 0 radical (unpaired) electrons. The number of aromatic nitrogens is 2. The lowest BCUT2D eigenvalue weighted by Crippen LogP contribution is -2.14. The smallest absolute Gasteiger partial charge is 0.421 e. The molecule has 1 aromatic heterocycles. The van der Waals surface area contributed by atoms with Crippen molar-refractivity contribution < 1.29 is 17.9 Å². The van der Waals surface area contributed by atoms with Gasteiger partial charge in [0.15, 0.2) is 0 Å². The second-order valence-electron chi connectivity index (χ2n) is 8.66. The van der Waals surface area contributed by atoms with Gasteiger partial charge in [0.25, 0.3) is 0 Å². The van der Waals surface area contributed by atoms with Crippen LogP contribution in [0.5, 0.6) is 5.75 Å². The first-order chi connectivity index (χ1) is 16.3. The third-order valence-electron chi connectivity index (χ3n) is 6.18. The molecule has 0 spiro atoms. The minimum atomic E-state index is -4.61. The molecule has 0 aliphatic heterocycles. The fraction of sp³-hybridized carbons (Fsp3) is 0.385. The van der Waals surface area contributed by atoms with Gasteiger partial charge in [-0.05, 0) is 67.9 Å². The molecule has 1 aliphatic carbocycles. The predicted molar refractivity (Wildman–Crippen MR) is 128 cm³/mol. The molecule has 0 amide bonds. The number of para-hydroxylation sites is 2. The van der Waals surface area contributed by atoms with Gasteiger partial charge in [-0.25, -0.2) is 4.98 Å². The van der Waals surface area contributed by atoms with Crippen molar-refractivity contribution in [1.82, 2.24) is 9.97 Å². The summed E-state index contributed by atoms with van der Waals surface area (Å²) in [6.45, 7) is 4.27. The van der Waals surface area contributed by atoms with E-state index in [0.29, 0.717) is 23.0 Å². The van der Waals surface area contributed by atoms with Gasteiger partial charge in [0, 0.05) is 11.9 Å². The second-order valence-corrected chi connectivity index (χ2v) is 8.66. The molecule has 1 fully saturated rings. The number of rotatable bonds is 8. The number of anilines is 4. The van der Waals surface area contributed by atoms with E-state index in [1.54, 1.807) is 24.3 Å². The van der Waals surface area contributed by atoms with E-state index in [9.17, 15) is 13.2 Å². The lowest BCUT2D eigenvalue weighted by Gasteiger charge is -2.19. The molecule has 5 nitrogen and oxygen atoms in total. The number of alkyl halides is 3.